The number of hydrogen-bond donors (Lipinski definition) is 3. The van der Waals surface area contributed by atoms with Gasteiger partial charge < -0.3 is 16.2 Å². The van der Waals surface area contributed by atoms with Crippen molar-refractivity contribution in [2.45, 2.75) is 13.0 Å². The van der Waals surface area contributed by atoms with Crippen LogP contribution in [0.2, 0.25) is 0 Å². The molecule has 0 aromatic heterocycles. The summed E-state index contributed by atoms with van der Waals surface area (Å²) in [4.78, 5) is 22.1. The number of rotatable bonds is 4. The van der Waals surface area contributed by atoms with Crippen molar-refractivity contribution in [3.63, 3.8) is 0 Å². The Labute approximate surface area is 93.3 Å². The van der Waals surface area contributed by atoms with E-state index in [-0.39, 0.29) is 12.5 Å². The minimum atomic E-state index is -1.35. The van der Waals surface area contributed by atoms with Crippen LogP contribution in [0, 0.1) is 6.92 Å². The lowest BCUT2D eigenvalue weighted by Gasteiger charge is -2.08. The molecule has 0 fully saturated rings. The second-order valence-electron chi connectivity index (χ2n) is 3.50. The molecule has 0 aliphatic heterocycles. The zero-order valence-electron chi connectivity index (χ0n) is 8.93. The van der Waals surface area contributed by atoms with Gasteiger partial charge in [0.25, 0.3) is 5.91 Å². The number of aryl methyl sites for hydroxylation is 1. The molecular formula is C11H14N2O3. The van der Waals surface area contributed by atoms with Gasteiger partial charge in [0, 0.05) is 5.56 Å². The van der Waals surface area contributed by atoms with Crippen molar-refractivity contribution in [3.05, 3.63) is 35.4 Å². The third-order valence-electron chi connectivity index (χ3n) is 2.06. The number of aliphatic hydroxyl groups excluding tert-OH is 1. The minimum absolute atomic E-state index is 0.178. The van der Waals surface area contributed by atoms with Crippen molar-refractivity contribution < 1.29 is 14.7 Å². The monoisotopic (exact) mass is 222 g/mol. The van der Waals surface area contributed by atoms with Crippen LogP contribution in [-0.2, 0) is 4.79 Å². The molecule has 0 aliphatic carbocycles. The Morgan fingerprint density at radius 3 is 2.75 bits per heavy atom. The lowest BCUT2D eigenvalue weighted by Crippen LogP contribution is -2.39. The van der Waals surface area contributed by atoms with E-state index in [1.54, 1.807) is 18.2 Å². The second-order valence-corrected chi connectivity index (χ2v) is 3.50. The molecule has 0 radical (unpaired) electrons. The number of nitrogens with two attached hydrogens (primary N) is 1. The minimum Gasteiger partial charge on any atom is -0.381 e. The Hall–Kier alpha value is -1.88. The molecule has 4 N–H and O–H groups in total. The lowest BCUT2D eigenvalue weighted by molar-refractivity contribution is -0.125. The van der Waals surface area contributed by atoms with Gasteiger partial charge in [0.1, 0.15) is 6.10 Å². The van der Waals surface area contributed by atoms with E-state index in [9.17, 15) is 9.59 Å². The fraction of sp³-hybridized carbons (Fsp3) is 0.273. The summed E-state index contributed by atoms with van der Waals surface area (Å²) in [5, 5.41) is 11.5. The van der Waals surface area contributed by atoms with Crippen molar-refractivity contribution in [1.82, 2.24) is 5.32 Å². The van der Waals surface area contributed by atoms with Gasteiger partial charge in [-0.3, -0.25) is 9.59 Å². The summed E-state index contributed by atoms with van der Waals surface area (Å²) < 4.78 is 0. The van der Waals surface area contributed by atoms with Gasteiger partial charge in [0.2, 0.25) is 5.91 Å². The first-order chi connectivity index (χ1) is 7.50. The van der Waals surface area contributed by atoms with Crippen molar-refractivity contribution in [2.24, 2.45) is 5.73 Å². The fourth-order valence-electron chi connectivity index (χ4n) is 1.18. The zero-order chi connectivity index (χ0) is 12.1. The van der Waals surface area contributed by atoms with E-state index >= 15 is 0 Å². The molecule has 5 nitrogen and oxygen atoms in total. The normalized spacial score (nSPS) is 11.9. The number of carbonyl (C=O) groups is 2. The smallest absolute Gasteiger partial charge is 0.251 e. The third kappa shape index (κ3) is 3.36. The lowest BCUT2D eigenvalue weighted by atomic mass is 10.1. The van der Waals surface area contributed by atoms with Crippen LogP contribution >= 0.6 is 0 Å². The number of benzene rings is 1. The molecule has 86 valence electrons. The molecule has 1 rings (SSSR count). The van der Waals surface area contributed by atoms with E-state index in [1.165, 1.54) is 0 Å². The number of nitrogens with one attached hydrogen (secondary N) is 1. The third-order valence-corrected chi connectivity index (χ3v) is 2.06. The molecule has 16 heavy (non-hydrogen) atoms. The summed E-state index contributed by atoms with van der Waals surface area (Å²) >= 11 is 0. The summed E-state index contributed by atoms with van der Waals surface area (Å²) in [6, 6.07) is 6.99. The van der Waals surface area contributed by atoms with Gasteiger partial charge in [0.05, 0.1) is 6.54 Å². The van der Waals surface area contributed by atoms with Gasteiger partial charge >= 0.3 is 0 Å². The maximum atomic E-state index is 11.5. The molecule has 1 unspecified atom stereocenters. The molecule has 5 heteroatoms. The van der Waals surface area contributed by atoms with E-state index in [2.05, 4.69) is 5.32 Å². The first kappa shape index (κ1) is 12.2. The molecule has 1 aromatic carbocycles. The highest BCUT2D eigenvalue weighted by molar-refractivity contribution is 5.94. The van der Waals surface area contributed by atoms with E-state index < -0.39 is 12.0 Å². The van der Waals surface area contributed by atoms with Gasteiger partial charge in [-0.25, -0.2) is 0 Å². The molecule has 1 atom stereocenters. The average molecular weight is 222 g/mol. The number of aliphatic hydroxyl groups is 1. The van der Waals surface area contributed by atoms with Crippen LogP contribution in [0.5, 0.6) is 0 Å². The summed E-state index contributed by atoms with van der Waals surface area (Å²) in [6.45, 7) is 1.69. The molecule has 0 saturated carbocycles. The molecule has 0 heterocycles. The zero-order valence-corrected chi connectivity index (χ0v) is 8.93. The van der Waals surface area contributed by atoms with Crippen molar-refractivity contribution in [2.75, 3.05) is 6.54 Å². The predicted molar refractivity (Wildman–Crippen MR) is 58.7 cm³/mol. The first-order valence-electron chi connectivity index (χ1n) is 4.83. The summed E-state index contributed by atoms with van der Waals surface area (Å²) in [5.74, 6) is -1.20. The van der Waals surface area contributed by atoms with Gasteiger partial charge in [-0.05, 0) is 19.1 Å². The first-order valence-corrected chi connectivity index (χ1v) is 4.83. The maximum Gasteiger partial charge on any atom is 0.251 e. The highest BCUT2D eigenvalue weighted by Gasteiger charge is 2.12. The van der Waals surface area contributed by atoms with Crippen LogP contribution in [-0.4, -0.2) is 29.6 Å². The molecular weight excluding hydrogens is 208 g/mol. The van der Waals surface area contributed by atoms with E-state index in [4.69, 9.17) is 10.8 Å². The topological polar surface area (TPSA) is 92.4 Å². The van der Waals surface area contributed by atoms with Crippen LogP contribution in [0.3, 0.4) is 0 Å². The Kier molecular flexibility index (Phi) is 4.02. The van der Waals surface area contributed by atoms with Crippen LogP contribution in [0.25, 0.3) is 0 Å². The molecule has 0 saturated heterocycles. The summed E-state index contributed by atoms with van der Waals surface area (Å²) in [5.41, 5.74) is 6.29. The van der Waals surface area contributed by atoms with Gasteiger partial charge in [0.15, 0.2) is 0 Å². The highest BCUT2D eigenvalue weighted by atomic mass is 16.3. The number of amides is 2. The van der Waals surface area contributed by atoms with Gasteiger partial charge in [-0.1, -0.05) is 17.7 Å². The van der Waals surface area contributed by atoms with E-state index in [0.29, 0.717) is 5.56 Å². The Morgan fingerprint density at radius 2 is 2.19 bits per heavy atom. The Balaban J connectivity index is 2.56. The van der Waals surface area contributed by atoms with Crippen LogP contribution in [0.15, 0.2) is 24.3 Å². The molecule has 2 amide bonds. The summed E-state index contributed by atoms with van der Waals surface area (Å²) in [7, 11) is 0. The van der Waals surface area contributed by atoms with E-state index in [0.717, 1.165) is 5.56 Å². The molecule has 0 spiro atoms. The van der Waals surface area contributed by atoms with E-state index in [1.807, 2.05) is 13.0 Å². The standard InChI is InChI=1S/C11H14N2O3/c1-7-3-2-4-8(5-7)11(16)13-6-9(14)10(12)15/h2-5,9,14H,6H2,1H3,(H2,12,15)(H,13,16). The molecule has 1 aromatic rings. The van der Waals surface area contributed by atoms with Crippen molar-refractivity contribution in [1.29, 1.82) is 0 Å². The number of hydrogen-bond acceptors (Lipinski definition) is 3. The number of carbonyl (C=O) groups excluding carboxylic acids is 2. The second kappa shape index (κ2) is 5.27. The van der Waals surface area contributed by atoms with Crippen LogP contribution in [0.4, 0.5) is 0 Å². The average Bonchev–Trinajstić information content (AvgIpc) is 2.25. The maximum absolute atomic E-state index is 11.5. The highest BCUT2D eigenvalue weighted by Crippen LogP contribution is 2.03. The largest absolute Gasteiger partial charge is 0.381 e. The summed E-state index contributed by atoms with van der Waals surface area (Å²) in [6.07, 6.45) is -1.35. The Morgan fingerprint density at radius 1 is 1.50 bits per heavy atom. The molecule has 0 aliphatic rings. The van der Waals surface area contributed by atoms with Crippen molar-refractivity contribution >= 4 is 11.8 Å². The van der Waals surface area contributed by atoms with Gasteiger partial charge in [-0.15, -0.1) is 0 Å². The van der Waals surface area contributed by atoms with Crippen LogP contribution < -0.4 is 11.1 Å². The van der Waals surface area contributed by atoms with Crippen molar-refractivity contribution in [3.8, 4) is 0 Å². The van der Waals surface area contributed by atoms with Gasteiger partial charge in [-0.2, -0.15) is 0 Å². The SMILES string of the molecule is Cc1cccc(C(=O)NCC(O)C(N)=O)c1. The number of primary amides is 1. The van der Waals surface area contributed by atoms with Crippen LogP contribution in [0.1, 0.15) is 15.9 Å². The quantitative estimate of drug-likeness (QED) is 0.645. The predicted octanol–water partition coefficient (Wildman–Crippen LogP) is -0.429. The fourth-order valence-corrected chi connectivity index (χ4v) is 1.18. The Bertz CT molecular complexity index is 404. The molecule has 0 bridgehead atoms.